The number of thioether (sulfide) groups is 1. The highest BCUT2D eigenvalue weighted by molar-refractivity contribution is 7.99. The molecule has 0 bridgehead atoms. The number of rotatable bonds is 9. The molecule has 0 aliphatic rings. The van der Waals surface area contributed by atoms with E-state index in [0.29, 0.717) is 23.4 Å². The van der Waals surface area contributed by atoms with Crippen LogP contribution in [0.3, 0.4) is 0 Å². The maximum Gasteiger partial charge on any atom is 0.234 e. The van der Waals surface area contributed by atoms with Crippen LogP contribution in [0, 0.1) is 0 Å². The number of hydrogen-bond acceptors (Lipinski definition) is 5. The summed E-state index contributed by atoms with van der Waals surface area (Å²) in [7, 11) is 0. The number of nitrogens with one attached hydrogen (secondary N) is 2. The van der Waals surface area contributed by atoms with Crippen molar-refractivity contribution in [1.29, 1.82) is 0 Å². The third kappa shape index (κ3) is 6.42. The minimum Gasteiger partial charge on any atom is -0.326 e. The van der Waals surface area contributed by atoms with E-state index in [1.165, 1.54) is 17.3 Å². The SMILES string of the molecule is CCn1c(CC(=O)Nc2ccccc2)nnc1SCC(=O)Nc1ccc(C(C)C)cc1. The van der Waals surface area contributed by atoms with Gasteiger partial charge in [-0.05, 0) is 42.7 Å². The molecule has 0 unspecified atom stereocenters. The zero-order chi connectivity index (χ0) is 22.2. The summed E-state index contributed by atoms with van der Waals surface area (Å²) in [6.45, 7) is 6.84. The first-order chi connectivity index (χ1) is 15.0. The molecule has 0 aliphatic heterocycles. The number of aromatic nitrogens is 3. The molecule has 0 atom stereocenters. The number of carbonyl (C=O) groups is 2. The lowest BCUT2D eigenvalue weighted by molar-refractivity contribution is -0.116. The molecule has 2 amide bonds. The van der Waals surface area contributed by atoms with E-state index in [1.54, 1.807) is 0 Å². The van der Waals surface area contributed by atoms with Gasteiger partial charge in [-0.3, -0.25) is 9.59 Å². The Labute approximate surface area is 186 Å². The van der Waals surface area contributed by atoms with E-state index in [4.69, 9.17) is 0 Å². The van der Waals surface area contributed by atoms with Gasteiger partial charge in [-0.15, -0.1) is 10.2 Å². The average Bonchev–Trinajstić information content (AvgIpc) is 3.14. The molecule has 7 nitrogen and oxygen atoms in total. The molecule has 0 aliphatic carbocycles. The quantitative estimate of drug-likeness (QED) is 0.486. The number of nitrogens with zero attached hydrogens (tertiary/aromatic N) is 3. The molecular weight excluding hydrogens is 410 g/mol. The highest BCUT2D eigenvalue weighted by Crippen LogP contribution is 2.20. The summed E-state index contributed by atoms with van der Waals surface area (Å²) in [5.41, 5.74) is 2.74. The van der Waals surface area contributed by atoms with E-state index < -0.39 is 0 Å². The number of para-hydroxylation sites is 1. The second kappa shape index (κ2) is 10.8. The fourth-order valence-electron chi connectivity index (χ4n) is 3.02. The maximum atomic E-state index is 12.3. The summed E-state index contributed by atoms with van der Waals surface area (Å²) in [5.74, 6) is 0.955. The van der Waals surface area contributed by atoms with Gasteiger partial charge in [0, 0.05) is 17.9 Å². The Balaban J connectivity index is 1.55. The van der Waals surface area contributed by atoms with Crippen LogP contribution in [0.5, 0.6) is 0 Å². The Morgan fingerprint density at radius 3 is 2.23 bits per heavy atom. The summed E-state index contributed by atoms with van der Waals surface area (Å²) in [6, 6.07) is 17.2. The summed E-state index contributed by atoms with van der Waals surface area (Å²) >= 11 is 1.30. The molecule has 0 saturated carbocycles. The summed E-state index contributed by atoms with van der Waals surface area (Å²) in [4.78, 5) is 24.7. The number of amides is 2. The van der Waals surface area contributed by atoms with Crippen molar-refractivity contribution in [3.63, 3.8) is 0 Å². The topological polar surface area (TPSA) is 88.9 Å². The number of anilines is 2. The van der Waals surface area contributed by atoms with Gasteiger partial charge in [-0.25, -0.2) is 0 Å². The minimum absolute atomic E-state index is 0.115. The first-order valence-corrected chi connectivity index (χ1v) is 11.2. The van der Waals surface area contributed by atoms with Crippen molar-refractivity contribution in [2.24, 2.45) is 0 Å². The number of hydrogen-bond donors (Lipinski definition) is 2. The average molecular weight is 438 g/mol. The Morgan fingerprint density at radius 2 is 1.58 bits per heavy atom. The Morgan fingerprint density at radius 1 is 0.935 bits per heavy atom. The lowest BCUT2D eigenvalue weighted by atomic mass is 10.0. The fraction of sp³-hybridized carbons (Fsp3) is 0.304. The summed E-state index contributed by atoms with van der Waals surface area (Å²) < 4.78 is 1.86. The smallest absolute Gasteiger partial charge is 0.234 e. The van der Waals surface area contributed by atoms with Gasteiger partial charge >= 0.3 is 0 Å². The number of carbonyl (C=O) groups excluding carboxylic acids is 2. The molecule has 31 heavy (non-hydrogen) atoms. The highest BCUT2D eigenvalue weighted by atomic mass is 32.2. The first-order valence-electron chi connectivity index (χ1n) is 10.3. The van der Waals surface area contributed by atoms with Crippen molar-refractivity contribution in [2.45, 2.75) is 44.8 Å². The second-order valence-electron chi connectivity index (χ2n) is 7.35. The van der Waals surface area contributed by atoms with Gasteiger partial charge in [-0.1, -0.05) is 55.9 Å². The molecule has 0 fully saturated rings. The molecule has 162 valence electrons. The zero-order valence-electron chi connectivity index (χ0n) is 18.0. The monoisotopic (exact) mass is 437 g/mol. The summed E-state index contributed by atoms with van der Waals surface area (Å²) in [6.07, 6.45) is 0.116. The molecule has 2 N–H and O–H groups in total. The lowest BCUT2D eigenvalue weighted by Crippen LogP contribution is -2.18. The van der Waals surface area contributed by atoms with Crippen LogP contribution in [-0.4, -0.2) is 32.3 Å². The van der Waals surface area contributed by atoms with Crippen molar-refractivity contribution in [1.82, 2.24) is 14.8 Å². The van der Waals surface area contributed by atoms with Gasteiger partial charge in [0.15, 0.2) is 5.16 Å². The fourth-order valence-corrected chi connectivity index (χ4v) is 3.84. The van der Waals surface area contributed by atoms with E-state index in [1.807, 2.05) is 66.1 Å². The van der Waals surface area contributed by atoms with Crippen molar-refractivity contribution >= 4 is 35.0 Å². The molecule has 3 rings (SSSR count). The van der Waals surface area contributed by atoms with Crippen LogP contribution in [0.25, 0.3) is 0 Å². The van der Waals surface area contributed by atoms with Crippen LogP contribution >= 0.6 is 11.8 Å². The van der Waals surface area contributed by atoms with Gasteiger partial charge in [-0.2, -0.15) is 0 Å². The molecule has 2 aromatic carbocycles. The van der Waals surface area contributed by atoms with Crippen molar-refractivity contribution < 1.29 is 9.59 Å². The maximum absolute atomic E-state index is 12.3. The van der Waals surface area contributed by atoms with Crippen LogP contribution in [0.4, 0.5) is 11.4 Å². The largest absolute Gasteiger partial charge is 0.326 e. The van der Waals surface area contributed by atoms with Gasteiger partial charge in [0.25, 0.3) is 0 Å². The minimum atomic E-state index is -0.160. The molecular formula is C23H27N5O2S. The highest BCUT2D eigenvalue weighted by Gasteiger charge is 2.16. The Kier molecular flexibility index (Phi) is 7.83. The van der Waals surface area contributed by atoms with Crippen LogP contribution in [0.1, 0.15) is 38.1 Å². The van der Waals surface area contributed by atoms with E-state index in [0.717, 1.165) is 11.4 Å². The van der Waals surface area contributed by atoms with Crippen molar-refractivity contribution in [3.8, 4) is 0 Å². The lowest BCUT2D eigenvalue weighted by Gasteiger charge is -2.09. The van der Waals surface area contributed by atoms with Gasteiger partial charge in [0.2, 0.25) is 11.8 Å². The van der Waals surface area contributed by atoms with E-state index in [9.17, 15) is 9.59 Å². The molecule has 1 aromatic heterocycles. The van der Waals surface area contributed by atoms with Crippen LogP contribution < -0.4 is 10.6 Å². The van der Waals surface area contributed by atoms with E-state index in [-0.39, 0.29) is 24.0 Å². The van der Waals surface area contributed by atoms with Crippen molar-refractivity contribution in [2.75, 3.05) is 16.4 Å². The molecule has 1 heterocycles. The summed E-state index contributed by atoms with van der Waals surface area (Å²) in [5, 5.41) is 14.7. The third-order valence-corrected chi connectivity index (χ3v) is 5.65. The predicted octanol–water partition coefficient (Wildman–Crippen LogP) is 4.33. The number of benzene rings is 2. The van der Waals surface area contributed by atoms with Crippen LogP contribution in [-0.2, 0) is 22.6 Å². The molecule has 0 spiro atoms. The first kappa shape index (κ1) is 22.6. The van der Waals surface area contributed by atoms with Crippen LogP contribution in [0.2, 0.25) is 0 Å². The Hall–Kier alpha value is -3.13. The molecule has 0 saturated heterocycles. The van der Waals surface area contributed by atoms with Gasteiger partial charge in [0.05, 0.1) is 12.2 Å². The standard InChI is InChI=1S/C23H27N5O2S/c1-4-28-20(14-21(29)24-18-8-6-5-7-9-18)26-27-23(28)31-15-22(30)25-19-12-10-17(11-13-19)16(2)3/h5-13,16H,4,14-15H2,1-3H3,(H,24,29)(H,25,30). The van der Waals surface area contributed by atoms with E-state index in [2.05, 4.69) is 34.7 Å². The van der Waals surface area contributed by atoms with Gasteiger partial charge < -0.3 is 15.2 Å². The van der Waals surface area contributed by atoms with E-state index >= 15 is 0 Å². The zero-order valence-corrected chi connectivity index (χ0v) is 18.8. The molecule has 3 aromatic rings. The predicted molar refractivity (Wildman–Crippen MR) is 124 cm³/mol. The Bertz CT molecular complexity index is 1020. The molecule has 8 heteroatoms. The molecule has 0 radical (unpaired) electrons. The third-order valence-electron chi connectivity index (χ3n) is 4.68. The second-order valence-corrected chi connectivity index (χ2v) is 8.29. The van der Waals surface area contributed by atoms with Gasteiger partial charge in [0.1, 0.15) is 5.82 Å². The van der Waals surface area contributed by atoms with Crippen LogP contribution in [0.15, 0.2) is 59.8 Å². The normalized spacial score (nSPS) is 10.8. The van der Waals surface area contributed by atoms with Crippen molar-refractivity contribution in [3.05, 3.63) is 66.0 Å².